The third kappa shape index (κ3) is 6.43. The van der Waals surface area contributed by atoms with E-state index in [1.807, 2.05) is 49.1 Å². The van der Waals surface area contributed by atoms with Crippen LogP contribution in [0.15, 0.2) is 44.8 Å². The molecule has 1 heterocycles. The van der Waals surface area contributed by atoms with Crippen LogP contribution in [0.5, 0.6) is 0 Å². The predicted molar refractivity (Wildman–Crippen MR) is 100 cm³/mol. The van der Waals surface area contributed by atoms with Crippen molar-refractivity contribution in [2.45, 2.75) is 16.2 Å². The van der Waals surface area contributed by atoms with Crippen molar-refractivity contribution in [1.82, 2.24) is 10.2 Å². The van der Waals surface area contributed by atoms with Gasteiger partial charge in [0.05, 0.1) is 5.69 Å². The van der Waals surface area contributed by atoms with E-state index in [-0.39, 0.29) is 6.03 Å². The van der Waals surface area contributed by atoms with Gasteiger partial charge < -0.3 is 15.5 Å². The fourth-order valence-corrected chi connectivity index (χ4v) is 3.80. The van der Waals surface area contributed by atoms with Gasteiger partial charge in [0.25, 0.3) is 0 Å². The zero-order valence-corrected chi connectivity index (χ0v) is 15.5. The summed E-state index contributed by atoms with van der Waals surface area (Å²) < 4.78 is 0. The third-order valence-electron chi connectivity index (χ3n) is 2.98. The minimum atomic E-state index is -0.167. The Hall–Kier alpha value is -1.21. The van der Waals surface area contributed by atoms with Crippen molar-refractivity contribution >= 4 is 46.4 Å². The first kappa shape index (κ1) is 18.1. The number of carbonyl (C=O) groups excluding carboxylic acids is 1. The fourth-order valence-electron chi connectivity index (χ4n) is 1.85. The monoisotopic (exact) mass is 369 g/mol. The Morgan fingerprint density at radius 1 is 1.26 bits per heavy atom. The molecule has 2 N–H and O–H groups in total. The summed E-state index contributed by atoms with van der Waals surface area (Å²) in [5.74, 6) is 0. The number of anilines is 1. The van der Waals surface area contributed by atoms with Gasteiger partial charge in [-0.1, -0.05) is 23.4 Å². The van der Waals surface area contributed by atoms with Crippen LogP contribution in [0.2, 0.25) is 5.02 Å². The average Bonchev–Trinajstić information content (AvgIpc) is 2.93. The van der Waals surface area contributed by atoms with Crippen molar-refractivity contribution in [2.24, 2.45) is 0 Å². The molecule has 0 saturated carbocycles. The molecule has 4 nitrogen and oxygen atoms in total. The van der Waals surface area contributed by atoms with Crippen LogP contribution < -0.4 is 10.6 Å². The van der Waals surface area contributed by atoms with Gasteiger partial charge in [-0.3, -0.25) is 0 Å². The number of carbonyl (C=O) groups is 1. The lowest BCUT2D eigenvalue weighted by Crippen LogP contribution is -2.31. The Morgan fingerprint density at radius 3 is 2.70 bits per heavy atom. The van der Waals surface area contributed by atoms with Crippen molar-refractivity contribution in [1.29, 1.82) is 0 Å². The van der Waals surface area contributed by atoms with Crippen LogP contribution in [0.25, 0.3) is 0 Å². The molecule has 2 amide bonds. The molecule has 0 aliphatic heterocycles. The van der Waals surface area contributed by atoms with Crippen LogP contribution in [0, 0.1) is 0 Å². The number of hydrogen-bond donors (Lipinski definition) is 2. The molecule has 0 unspecified atom stereocenters. The highest BCUT2D eigenvalue weighted by molar-refractivity contribution is 7.99. The number of nitrogens with one attached hydrogen (secondary N) is 2. The molecular formula is C16H20ClN3OS2. The van der Waals surface area contributed by atoms with E-state index < -0.39 is 0 Å². The molecule has 0 radical (unpaired) electrons. The van der Waals surface area contributed by atoms with E-state index in [1.165, 1.54) is 0 Å². The fraction of sp³-hybridized carbons (Fsp3) is 0.312. The van der Waals surface area contributed by atoms with E-state index in [4.69, 9.17) is 11.6 Å². The summed E-state index contributed by atoms with van der Waals surface area (Å²) in [4.78, 5) is 16.2. The Kier molecular flexibility index (Phi) is 7.23. The Balaban J connectivity index is 1.85. The second-order valence-electron chi connectivity index (χ2n) is 5.24. The normalized spacial score (nSPS) is 10.8. The molecule has 124 valence electrons. The summed E-state index contributed by atoms with van der Waals surface area (Å²) in [5.41, 5.74) is 0.833. The first-order valence-corrected chi connectivity index (χ1v) is 9.37. The highest BCUT2D eigenvalue weighted by Crippen LogP contribution is 2.36. The molecular weight excluding hydrogens is 350 g/mol. The molecule has 2 rings (SSSR count). The van der Waals surface area contributed by atoms with Crippen LogP contribution in [-0.2, 0) is 0 Å². The van der Waals surface area contributed by atoms with E-state index >= 15 is 0 Å². The Bertz CT molecular complexity index is 629. The van der Waals surface area contributed by atoms with E-state index in [2.05, 4.69) is 15.5 Å². The molecule has 2 aromatic rings. The quantitative estimate of drug-likeness (QED) is 0.699. The number of benzene rings is 1. The molecule has 0 aliphatic rings. The highest BCUT2D eigenvalue weighted by atomic mass is 35.5. The number of urea groups is 1. The number of rotatable bonds is 7. The molecule has 0 aliphatic carbocycles. The van der Waals surface area contributed by atoms with Gasteiger partial charge >= 0.3 is 6.03 Å². The van der Waals surface area contributed by atoms with Gasteiger partial charge in [0.1, 0.15) is 0 Å². The maximum absolute atomic E-state index is 11.9. The molecule has 0 saturated heterocycles. The van der Waals surface area contributed by atoms with Crippen LogP contribution in [0.4, 0.5) is 10.5 Å². The maximum Gasteiger partial charge on any atom is 0.319 e. The molecule has 7 heteroatoms. The predicted octanol–water partition coefficient (Wildman–Crippen LogP) is 4.63. The lowest BCUT2D eigenvalue weighted by molar-refractivity contribution is 0.251. The number of halogens is 1. The van der Waals surface area contributed by atoms with Crippen molar-refractivity contribution in [2.75, 3.05) is 32.5 Å². The van der Waals surface area contributed by atoms with Gasteiger partial charge in [-0.05, 0) is 51.3 Å². The van der Waals surface area contributed by atoms with Gasteiger partial charge in [-0.2, -0.15) is 0 Å². The van der Waals surface area contributed by atoms with E-state index in [0.717, 1.165) is 33.5 Å². The largest absolute Gasteiger partial charge is 0.338 e. The Labute approximate surface area is 150 Å². The molecule has 0 fully saturated rings. The minimum absolute atomic E-state index is 0.167. The molecule has 0 bridgehead atoms. The summed E-state index contributed by atoms with van der Waals surface area (Å²) >= 11 is 9.07. The summed E-state index contributed by atoms with van der Waals surface area (Å²) in [5, 5.41) is 10.5. The van der Waals surface area contributed by atoms with Crippen LogP contribution in [0.3, 0.4) is 0 Å². The summed E-state index contributed by atoms with van der Waals surface area (Å²) in [6, 6.07) is 7.49. The molecule has 23 heavy (non-hydrogen) atoms. The molecule has 1 aromatic heterocycles. The first-order chi connectivity index (χ1) is 11.0. The van der Waals surface area contributed by atoms with Gasteiger partial charge in [-0.25, -0.2) is 4.79 Å². The second-order valence-corrected chi connectivity index (χ2v) is 7.54. The van der Waals surface area contributed by atoms with Crippen molar-refractivity contribution in [3.05, 3.63) is 40.0 Å². The number of nitrogens with zero attached hydrogens (tertiary/aromatic N) is 1. The molecule has 1 aromatic carbocycles. The van der Waals surface area contributed by atoms with Gasteiger partial charge in [0.2, 0.25) is 0 Å². The average molecular weight is 370 g/mol. The maximum atomic E-state index is 11.9. The third-order valence-corrected chi connectivity index (χ3v) is 5.19. The standard InChI is InChI=1S/C16H20ClN3OS2/c1-20(2)9-3-8-18-16(21)19-14-10-22-11-15(14)23-13-6-4-12(17)5-7-13/h4-7,10-11H,3,8-9H2,1-2H3,(H2,18,19,21). The van der Waals surface area contributed by atoms with Crippen LogP contribution in [-0.4, -0.2) is 38.1 Å². The second kappa shape index (κ2) is 9.17. The number of hydrogen-bond acceptors (Lipinski definition) is 4. The Morgan fingerprint density at radius 2 is 2.00 bits per heavy atom. The zero-order chi connectivity index (χ0) is 16.7. The molecule has 0 spiro atoms. The zero-order valence-electron chi connectivity index (χ0n) is 13.1. The van der Waals surface area contributed by atoms with Crippen molar-refractivity contribution < 1.29 is 4.79 Å². The van der Waals surface area contributed by atoms with Crippen molar-refractivity contribution in [3.63, 3.8) is 0 Å². The van der Waals surface area contributed by atoms with Crippen LogP contribution in [0.1, 0.15) is 6.42 Å². The SMILES string of the molecule is CN(C)CCCNC(=O)Nc1cscc1Sc1ccc(Cl)cc1. The summed E-state index contributed by atoms with van der Waals surface area (Å²) in [6.07, 6.45) is 0.927. The minimum Gasteiger partial charge on any atom is -0.338 e. The smallest absolute Gasteiger partial charge is 0.319 e. The van der Waals surface area contributed by atoms with Gasteiger partial charge in [0, 0.05) is 32.1 Å². The van der Waals surface area contributed by atoms with E-state index in [0.29, 0.717) is 6.54 Å². The van der Waals surface area contributed by atoms with Gasteiger partial charge in [0.15, 0.2) is 0 Å². The number of amides is 2. The summed E-state index contributed by atoms with van der Waals surface area (Å²) in [6.45, 7) is 1.62. The topological polar surface area (TPSA) is 44.4 Å². The molecule has 0 atom stereocenters. The van der Waals surface area contributed by atoms with Crippen LogP contribution >= 0.6 is 34.7 Å². The van der Waals surface area contributed by atoms with E-state index in [9.17, 15) is 4.79 Å². The first-order valence-electron chi connectivity index (χ1n) is 7.24. The lowest BCUT2D eigenvalue weighted by atomic mass is 10.4. The van der Waals surface area contributed by atoms with Crippen molar-refractivity contribution in [3.8, 4) is 0 Å². The highest BCUT2D eigenvalue weighted by Gasteiger charge is 2.09. The lowest BCUT2D eigenvalue weighted by Gasteiger charge is -2.11. The summed E-state index contributed by atoms with van der Waals surface area (Å²) in [7, 11) is 4.04. The van der Waals surface area contributed by atoms with E-state index in [1.54, 1.807) is 23.1 Å². The number of thiophene rings is 1. The van der Waals surface area contributed by atoms with Gasteiger partial charge in [-0.15, -0.1) is 11.3 Å².